The Labute approximate surface area is 131 Å². The van der Waals surface area contributed by atoms with Crippen LogP contribution < -0.4 is 0 Å². The van der Waals surface area contributed by atoms with Gasteiger partial charge in [-0.1, -0.05) is 0 Å². The Balaban J connectivity index is 1.95. The molecule has 0 N–H and O–H groups in total. The van der Waals surface area contributed by atoms with Crippen LogP contribution in [0.5, 0.6) is 0 Å². The Kier molecular flexibility index (Phi) is 4.45. The van der Waals surface area contributed by atoms with Crippen LogP contribution >= 0.6 is 11.6 Å². The Hall–Kier alpha value is -1.13. The number of alkyl halides is 1. The summed E-state index contributed by atoms with van der Waals surface area (Å²) in [5.74, 6) is 2.36. The average molecular weight is 307 g/mol. The van der Waals surface area contributed by atoms with Crippen molar-refractivity contribution in [3.05, 3.63) is 23.7 Å². The van der Waals surface area contributed by atoms with E-state index in [4.69, 9.17) is 16.6 Å². The predicted octanol–water partition coefficient (Wildman–Crippen LogP) is 2.86. The molecular formula is C16H23ClN4. The molecule has 0 spiro atoms. The van der Waals surface area contributed by atoms with Gasteiger partial charge in [0.25, 0.3) is 0 Å². The first-order valence-electron chi connectivity index (χ1n) is 7.74. The van der Waals surface area contributed by atoms with E-state index in [9.17, 15) is 0 Å². The Morgan fingerprint density at radius 1 is 1.43 bits per heavy atom. The molecule has 114 valence electrons. The Morgan fingerprint density at radius 2 is 2.29 bits per heavy atom. The molecule has 0 bridgehead atoms. The van der Waals surface area contributed by atoms with Crippen molar-refractivity contribution in [2.75, 3.05) is 26.0 Å². The lowest BCUT2D eigenvalue weighted by Crippen LogP contribution is -2.34. The highest BCUT2D eigenvalue weighted by Crippen LogP contribution is 2.23. The molecule has 2 aromatic heterocycles. The second kappa shape index (κ2) is 6.32. The molecule has 0 amide bonds. The largest absolute Gasteiger partial charge is 0.312 e. The molecule has 1 unspecified atom stereocenters. The molecule has 1 atom stereocenters. The van der Waals surface area contributed by atoms with Crippen LogP contribution in [-0.2, 0) is 13.0 Å². The van der Waals surface area contributed by atoms with Crippen molar-refractivity contribution in [2.24, 2.45) is 5.92 Å². The van der Waals surface area contributed by atoms with Crippen LogP contribution in [0.4, 0.5) is 0 Å². The van der Waals surface area contributed by atoms with E-state index in [1.54, 1.807) is 0 Å². The fourth-order valence-electron chi connectivity index (χ4n) is 3.33. The van der Waals surface area contributed by atoms with E-state index < -0.39 is 0 Å². The van der Waals surface area contributed by atoms with E-state index >= 15 is 0 Å². The minimum Gasteiger partial charge on any atom is -0.312 e. The van der Waals surface area contributed by atoms with Crippen LogP contribution in [0.15, 0.2) is 12.3 Å². The highest BCUT2D eigenvalue weighted by Gasteiger charge is 2.21. The number of fused-ring (bicyclic) bond motifs is 1. The third-order valence-corrected chi connectivity index (χ3v) is 4.58. The molecule has 1 aliphatic heterocycles. The number of aryl methyl sites for hydroxylation is 2. The molecule has 1 saturated heterocycles. The number of rotatable bonds is 4. The van der Waals surface area contributed by atoms with Crippen molar-refractivity contribution in [1.82, 2.24) is 19.4 Å². The number of nitrogens with zero attached hydrogens (tertiary/aromatic N) is 4. The molecule has 0 aromatic carbocycles. The summed E-state index contributed by atoms with van der Waals surface area (Å²) in [6.07, 6.45) is 5.26. The van der Waals surface area contributed by atoms with Crippen molar-refractivity contribution >= 4 is 22.8 Å². The molecule has 0 saturated carbocycles. The van der Waals surface area contributed by atoms with Crippen molar-refractivity contribution in [3.8, 4) is 0 Å². The summed E-state index contributed by atoms with van der Waals surface area (Å²) in [6.45, 7) is 5.47. The van der Waals surface area contributed by atoms with E-state index in [2.05, 4.69) is 28.4 Å². The molecule has 4 nitrogen and oxygen atoms in total. The smallest absolute Gasteiger partial charge is 0.160 e. The zero-order valence-corrected chi connectivity index (χ0v) is 13.6. The first-order chi connectivity index (χ1) is 10.2. The van der Waals surface area contributed by atoms with Crippen LogP contribution in [0, 0.1) is 12.8 Å². The van der Waals surface area contributed by atoms with Gasteiger partial charge in [-0.3, -0.25) is 0 Å². The van der Waals surface area contributed by atoms with Gasteiger partial charge in [-0.15, -0.1) is 11.6 Å². The number of hydrogen-bond donors (Lipinski definition) is 0. The van der Waals surface area contributed by atoms with Crippen LogP contribution in [0.2, 0.25) is 0 Å². The van der Waals surface area contributed by atoms with Gasteiger partial charge in [-0.2, -0.15) is 0 Å². The third kappa shape index (κ3) is 3.06. The fraction of sp³-hybridized carbons (Fsp3) is 0.625. The first-order valence-corrected chi connectivity index (χ1v) is 8.27. The second-order valence-electron chi connectivity index (χ2n) is 6.15. The highest BCUT2D eigenvalue weighted by molar-refractivity contribution is 6.17. The van der Waals surface area contributed by atoms with E-state index in [1.165, 1.54) is 24.9 Å². The monoisotopic (exact) mass is 306 g/mol. The minimum absolute atomic E-state index is 0.604. The van der Waals surface area contributed by atoms with Gasteiger partial charge in [0.1, 0.15) is 11.3 Å². The van der Waals surface area contributed by atoms with Gasteiger partial charge in [0, 0.05) is 31.6 Å². The molecule has 0 radical (unpaired) electrons. The molecule has 21 heavy (non-hydrogen) atoms. The lowest BCUT2D eigenvalue weighted by atomic mass is 9.98. The molecule has 3 heterocycles. The molecule has 1 aliphatic rings. The number of likely N-dealkylation sites (tertiary alicyclic amines) is 1. The van der Waals surface area contributed by atoms with Gasteiger partial charge in [0.2, 0.25) is 0 Å². The second-order valence-corrected chi connectivity index (χ2v) is 6.53. The number of pyridine rings is 1. The molecule has 1 fully saturated rings. The summed E-state index contributed by atoms with van der Waals surface area (Å²) >= 11 is 5.96. The number of halogens is 1. The van der Waals surface area contributed by atoms with E-state index in [0.29, 0.717) is 11.8 Å². The summed E-state index contributed by atoms with van der Waals surface area (Å²) in [5.41, 5.74) is 3.24. The molecule has 0 aliphatic carbocycles. The zero-order chi connectivity index (χ0) is 14.8. The number of aromatic nitrogens is 3. The van der Waals surface area contributed by atoms with E-state index in [-0.39, 0.29) is 0 Å². The summed E-state index contributed by atoms with van der Waals surface area (Å²) in [7, 11) is 2.21. The predicted molar refractivity (Wildman–Crippen MR) is 86.9 cm³/mol. The standard InChI is InChI=1S/C16H23ClN4/c1-12-6-8-18-16-15(12)19-14(5-7-17)21(16)11-13-4-3-9-20(2)10-13/h6,8,13H,3-5,7,9-11H2,1-2H3. The fourth-order valence-corrected chi connectivity index (χ4v) is 3.50. The van der Waals surface area contributed by atoms with Crippen LogP contribution in [0.1, 0.15) is 24.2 Å². The van der Waals surface area contributed by atoms with Crippen molar-refractivity contribution in [1.29, 1.82) is 0 Å². The minimum atomic E-state index is 0.604. The molecular weight excluding hydrogens is 284 g/mol. The van der Waals surface area contributed by atoms with Gasteiger partial charge < -0.3 is 9.47 Å². The molecule has 3 rings (SSSR count). The van der Waals surface area contributed by atoms with Gasteiger partial charge in [-0.25, -0.2) is 9.97 Å². The first kappa shape index (κ1) is 14.8. The normalized spacial score (nSPS) is 20.2. The van der Waals surface area contributed by atoms with Crippen molar-refractivity contribution in [3.63, 3.8) is 0 Å². The highest BCUT2D eigenvalue weighted by atomic mass is 35.5. The van der Waals surface area contributed by atoms with Gasteiger partial charge in [0.05, 0.1) is 0 Å². The summed E-state index contributed by atoms with van der Waals surface area (Å²) in [6, 6.07) is 2.03. The Bertz CT molecular complexity index is 622. The maximum absolute atomic E-state index is 5.96. The van der Waals surface area contributed by atoms with Gasteiger partial charge in [-0.05, 0) is 50.9 Å². The molecule has 5 heteroatoms. The lowest BCUT2D eigenvalue weighted by molar-refractivity contribution is 0.194. The van der Waals surface area contributed by atoms with Crippen molar-refractivity contribution in [2.45, 2.75) is 32.7 Å². The average Bonchev–Trinajstić information content (AvgIpc) is 2.79. The third-order valence-electron chi connectivity index (χ3n) is 4.40. The van der Waals surface area contributed by atoms with Gasteiger partial charge >= 0.3 is 0 Å². The zero-order valence-electron chi connectivity index (χ0n) is 12.8. The Morgan fingerprint density at radius 3 is 3.05 bits per heavy atom. The number of piperidine rings is 1. The van der Waals surface area contributed by atoms with Crippen molar-refractivity contribution < 1.29 is 0 Å². The maximum atomic E-state index is 5.96. The topological polar surface area (TPSA) is 34.0 Å². The number of imidazole rings is 1. The summed E-state index contributed by atoms with van der Waals surface area (Å²) < 4.78 is 2.30. The lowest BCUT2D eigenvalue weighted by Gasteiger charge is -2.30. The summed E-state index contributed by atoms with van der Waals surface area (Å²) in [5, 5.41) is 0. The SMILES string of the molecule is Cc1ccnc2c1nc(CCCl)n2CC1CCCN(C)C1. The van der Waals surface area contributed by atoms with Crippen LogP contribution in [-0.4, -0.2) is 45.5 Å². The number of hydrogen-bond acceptors (Lipinski definition) is 3. The maximum Gasteiger partial charge on any atom is 0.160 e. The van der Waals surface area contributed by atoms with E-state index in [0.717, 1.165) is 36.5 Å². The van der Waals surface area contributed by atoms with Crippen LogP contribution in [0.3, 0.4) is 0 Å². The van der Waals surface area contributed by atoms with Crippen LogP contribution in [0.25, 0.3) is 11.2 Å². The summed E-state index contributed by atoms with van der Waals surface area (Å²) in [4.78, 5) is 11.8. The van der Waals surface area contributed by atoms with Gasteiger partial charge in [0.15, 0.2) is 5.65 Å². The quantitative estimate of drug-likeness (QED) is 0.815. The molecule has 2 aromatic rings. The van der Waals surface area contributed by atoms with E-state index in [1.807, 2.05) is 12.3 Å².